The molecule has 0 heterocycles. The highest BCUT2D eigenvalue weighted by Crippen LogP contribution is 1.92. The van der Waals surface area contributed by atoms with Crippen molar-refractivity contribution in [3.8, 4) is 0 Å². The van der Waals surface area contributed by atoms with Gasteiger partial charge in [-0.25, -0.2) is 0 Å². The highest BCUT2D eigenvalue weighted by molar-refractivity contribution is 5.20. The van der Waals surface area contributed by atoms with E-state index in [4.69, 9.17) is 14.7 Å². The first-order chi connectivity index (χ1) is 4.22. The van der Waals surface area contributed by atoms with Crippen LogP contribution in [0.25, 0.3) is 0 Å². The normalized spacial score (nSPS) is 8.89. The van der Waals surface area contributed by atoms with E-state index in [1.165, 1.54) is 0 Å². The van der Waals surface area contributed by atoms with E-state index in [9.17, 15) is 0 Å². The van der Waals surface area contributed by atoms with Crippen LogP contribution in [0.1, 0.15) is 20.3 Å². The Morgan fingerprint density at radius 3 is 2.00 bits per heavy atom. The number of carbonyl (C=O) groups excluding carboxylic acids is 2. The first kappa shape index (κ1) is 10.8. The summed E-state index contributed by atoms with van der Waals surface area (Å²) in [5, 5.41) is 8.17. The van der Waals surface area contributed by atoms with Crippen LogP contribution in [0.4, 0.5) is 0 Å². The Morgan fingerprint density at radius 1 is 1.67 bits per heavy atom. The summed E-state index contributed by atoms with van der Waals surface area (Å²) in [6.07, 6.45) is 2.33. The molecule has 0 aromatic carbocycles. The van der Waals surface area contributed by atoms with E-state index in [1.54, 1.807) is 0 Å². The maximum absolute atomic E-state index is 8.17. The van der Waals surface area contributed by atoms with E-state index < -0.39 is 0 Å². The minimum Gasteiger partial charge on any atom is -0.516 e. The Labute approximate surface area is 54.0 Å². The van der Waals surface area contributed by atoms with Crippen LogP contribution < -0.4 is 0 Å². The Bertz CT molecular complexity index is 109. The molecule has 0 amide bonds. The van der Waals surface area contributed by atoms with Crippen LogP contribution in [-0.2, 0) is 9.59 Å². The number of hydrogen-bond acceptors (Lipinski definition) is 3. The molecule has 0 radical (unpaired) electrons. The van der Waals surface area contributed by atoms with Gasteiger partial charge in [0.05, 0.1) is 6.26 Å². The number of aliphatic hydroxyl groups is 1. The average molecular weight is 130 g/mol. The zero-order chi connectivity index (χ0) is 7.70. The maximum atomic E-state index is 8.17. The van der Waals surface area contributed by atoms with E-state index in [-0.39, 0.29) is 6.15 Å². The van der Waals surface area contributed by atoms with Gasteiger partial charge in [-0.15, -0.1) is 0 Å². The smallest absolute Gasteiger partial charge is 0.373 e. The molecule has 0 spiro atoms. The third kappa shape index (κ3) is 19.6. The maximum Gasteiger partial charge on any atom is 0.373 e. The molecule has 3 nitrogen and oxygen atoms in total. The van der Waals surface area contributed by atoms with E-state index in [1.807, 2.05) is 13.8 Å². The summed E-state index contributed by atoms with van der Waals surface area (Å²) in [6, 6.07) is 0. The van der Waals surface area contributed by atoms with Crippen molar-refractivity contribution in [2.24, 2.45) is 0 Å². The zero-order valence-electron chi connectivity index (χ0n) is 5.55. The van der Waals surface area contributed by atoms with Gasteiger partial charge in [-0.2, -0.15) is 9.59 Å². The standard InChI is InChI=1S/C5H10O.CO2/c1-3-5(2)4-6;2-1-3/h4,6H,3H2,1-2H3;/b5-4+;. The molecular weight excluding hydrogens is 120 g/mol. The van der Waals surface area contributed by atoms with Gasteiger partial charge in [0, 0.05) is 0 Å². The van der Waals surface area contributed by atoms with Gasteiger partial charge >= 0.3 is 6.15 Å². The van der Waals surface area contributed by atoms with Crippen molar-refractivity contribution in [1.82, 2.24) is 0 Å². The SMILES string of the molecule is CC/C(C)=C/O.O=C=O. The summed E-state index contributed by atoms with van der Waals surface area (Å²) < 4.78 is 0. The van der Waals surface area contributed by atoms with Crippen LogP contribution in [0.3, 0.4) is 0 Å². The van der Waals surface area contributed by atoms with Gasteiger partial charge < -0.3 is 5.11 Å². The molecule has 0 atom stereocenters. The van der Waals surface area contributed by atoms with Crippen LogP contribution in [0.15, 0.2) is 11.8 Å². The topological polar surface area (TPSA) is 54.4 Å². The second-order valence-electron chi connectivity index (χ2n) is 1.41. The lowest BCUT2D eigenvalue weighted by molar-refractivity contribution is -0.191. The van der Waals surface area contributed by atoms with Gasteiger partial charge in [-0.1, -0.05) is 6.92 Å². The second kappa shape index (κ2) is 10.0. The first-order valence-corrected chi connectivity index (χ1v) is 2.52. The molecule has 0 aliphatic rings. The Kier molecular flexibility index (Phi) is 12.0. The molecule has 0 fully saturated rings. The van der Waals surface area contributed by atoms with Gasteiger partial charge in [0.1, 0.15) is 0 Å². The molecule has 3 heteroatoms. The van der Waals surface area contributed by atoms with Crippen LogP contribution in [0, 0.1) is 0 Å². The van der Waals surface area contributed by atoms with Crippen molar-refractivity contribution in [3.63, 3.8) is 0 Å². The molecule has 9 heavy (non-hydrogen) atoms. The molecule has 0 unspecified atom stereocenters. The Hall–Kier alpha value is -1.08. The monoisotopic (exact) mass is 130 g/mol. The molecule has 0 bridgehead atoms. The van der Waals surface area contributed by atoms with Crippen molar-refractivity contribution < 1.29 is 14.7 Å². The zero-order valence-corrected chi connectivity index (χ0v) is 5.55. The molecule has 0 aromatic rings. The summed E-state index contributed by atoms with van der Waals surface area (Å²) in [5.41, 5.74) is 1.02. The quantitative estimate of drug-likeness (QED) is 0.544. The van der Waals surface area contributed by atoms with Gasteiger partial charge in [-0.3, -0.25) is 0 Å². The van der Waals surface area contributed by atoms with E-state index in [2.05, 4.69) is 0 Å². The molecule has 52 valence electrons. The van der Waals surface area contributed by atoms with E-state index in [0.29, 0.717) is 0 Å². The Balaban J connectivity index is 0. The van der Waals surface area contributed by atoms with Crippen molar-refractivity contribution in [1.29, 1.82) is 0 Å². The molecular formula is C6H10O3. The van der Waals surface area contributed by atoms with Gasteiger partial charge in [-0.05, 0) is 18.9 Å². The highest BCUT2D eigenvalue weighted by atomic mass is 16.2. The van der Waals surface area contributed by atoms with Crippen LogP contribution in [-0.4, -0.2) is 11.3 Å². The average Bonchev–Trinajstić information content (AvgIpc) is 1.88. The van der Waals surface area contributed by atoms with Crippen molar-refractivity contribution in [3.05, 3.63) is 11.8 Å². The van der Waals surface area contributed by atoms with Crippen molar-refractivity contribution in [2.75, 3.05) is 0 Å². The lowest BCUT2D eigenvalue weighted by atomic mass is 10.3. The third-order valence-electron chi connectivity index (χ3n) is 0.778. The molecule has 0 saturated heterocycles. The summed E-state index contributed by atoms with van der Waals surface area (Å²) in [4.78, 5) is 16.2. The third-order valence-corrected chi connectivity index (χ3v) is 0.778. The van der Waals surface area contributed by atoms with Gasteiger partial charge in [0.15, 0.2) is 0 Å². The molecule has 0 aliphatic heterocycles. The molecule has 0 rings (SSSR count). The molecule has 0 aliphatic carbocycles. The molecule has 0 aromatic heterocycles. The summed E-state index contributed by atoms with van der Waals surface area (Å²) in [6.45, 7) is 3.89. The number of aliphatic hydroxyl groups excluding tert-OH is 1. The molecule has 0 saturated carbocycles. The Morgan fingerprint density at radius 2 is 2.00 bits per heavy atom. The number of hydrogen-bond donors (Lipinski definition) is 1. The van der Waals surface area contributed by atoms with E-state index >= 15 is 0 Å². The fourth-order valence-electron chi connectivity index (χ4n) is 0.0913. The predicted molar refractivity (Wildman–Crippen MR) is 31.7 cm³/mol. The summed E-state index contributed by atoms with van der Waals surface area (Å²) >= 11 is 0. The van der Waals surface area contributed by atoms with Gasteiger partial charge in [0.2, 0.25) is 0 Å². The van der Waals surface area contributed by atoms with Crippen LogP contribution in [0.2, 0.25) is 0 Å². The summed E-state index contributed by atoms with van der Waals surface area (Å²) in [5.74, 6) is 0. The summed E-state index contributed by atoms with van der Waals surface area (Å²) in [7, 11) is 0. The van der Waals surface area contributed by atoms with Crippen LogP contribution in [0.5, 0.6) is 0 Å². The number of allylic oxidation sites excluding steroid dienone is 1. The lowest BCUT2D eigenvalue weighted by Gasteiger charge is -1.83. The minimum atomic E-state index is 0.250. The predicted octanol–water partition coefficient (Wildman–Crippen LogP) is 1.27. The fraction of sp³-hybridized carbons (Fsp3) is 0.500. The van der Waals surface area contributed by atoms with Gasteiger partial charge in [0.25, 0.3) is 0 Å². The van der Waals surface area contributed by atoms with Crippen LogP contribution >= 0.6 is 0 Å². The van der Waals surface area contributed by atoms with Crippen molar-refractivity contribution in [2.45, 2.75) is 20.3 Å². The largest absolute Gasteiger partial charge is 0.516 e. The first-order valence-electron chi connectivity index (χ1n) is 2.52. The number of rotatable bonds is 1. The molecule has 1 N–H and O–H groups in total. The second-order valence-corrected chi connectivity index (χ2v) is 1.41. The van der Waals surface area contributed by atoms with E-state index in [0.717, 1.165) is 18.3 Å². The fourth-order valence-corrected chi connectivity index (χ4v) is 0.0913. The highest BCUT2D eigenvalue weighted by Gasteiger charge is 1.75. The minimum absolute atomic E-state index is 0.250. The lowest BCUT2D eigenvalue weighted by Crippen LogP contribution is -1.66. The van der Waals surface area contributed by atoms with Crippen molar-refractivity contribution >= 4 is 6.15 Å².